The van der Waals surface area contributed by atoms with Gasteiger partial charge in [-0.1, -0.05) is 20.8 Å². The quantitative estimate of drug-likeness (QED) is 0.732. The Morgan fingerprint density at radius 1 is 1.18 bits per heavy atom. The maximum atomic E-state index is 12.0. The van der Waals surface area contributed by atoms with Gasteiger partial charge in [-0.15, -0.1) is 0 Å². The van der Waals surface area contributed by atoms with Gasteiger partial charge < -0.3 is 5.32 Å². The molecule has 0 saturated heterocycles. The molecule has 0 radical (unpaired) electrons. The number of sulfone groups is 1. The molecule has 3 nitrogen and oxygen atoms in total. The van der Waals surface area contributed by atoms with E-state index in [0.717, 1.165) is 12.8 Å². The summed E-state index contributed by atoms with van der Waals surface area (Å²) in [4.78, 5) is 0. The predicted molar refractivity (Wildman–Crippen MR) is 75.1 cm³/mol. The summed E-state index contributed by atoms with van der Waals surface area (Å²) in [6.07, 6.45) is 1.75. The van der Waals surface area contributed by atoms with Crippen LogP contribution in [0, 0.1) is 5.92 Å². The zero-order valence-corrected chi connectivity index (χ0v) is 13.0. The minimum absolute atomic E-state index is 0.0157. The van der Waals surface area contributed by atoms with Gasteiger partial charge >= 0.3 is 0 Å². The first-order chi connectivity index (χ1) is 7.60. The van der Waals surface area contributed by atoms with E-state index in [1.165, 1.54) is 0 Å². The molecule has 0 amide bonds. The monoisotopic (exact) mass is 263 g/mol. The number of hydrogen-bond donors (Lipinski definition) is 1. The Kier molecular flexibility index (Phi) is 6.70. The molecule has 0 aliphatic carbocycles. The summed E-state index contributed by atoms with van der Waals surface area (Å²) in [7, 11) is -2.95. The normalized spacial score (nSPS) is 15.2. The summed E-state index contributed by atoms with van der Waals surface area (Å²) in [6.45, 7) is 12.7. The zero-order chi connectivity index (χ0) is 13.7. The number of rotatable bonds is 8. The van der Waals surface area contributed by atoms with Crippen molar-refractivity contribution in [2.45, 2.75) is 65.2 Å². The van der Waals surface area contributed by atoms with E-state index in [1.807, 2.05) is 0 Å². The van der Waals surface area contributed by atoms with E-state index in [0.29, 0.717) is 18.2 Å². The molecule has 104 valence electrons. The molecule has 0 heterocycles. The van der Waals surface area contributed by atoms with Gasteiger partial charge in [0.2, 0.25) is 0 Å². The molecule has 0 bridgehead atoms. The molecule has 4 heteroatoms. The molecule has 0 saturated carbocycles. The Morgan fingerprint density at radius 2 is 1.71 bits per heavy atom. The van der Waals surface area contributed by atoms with E-state index < -0.39 is 9.84 Å². The summed E-state index contributed by atoms with van der Waals surface area (Å²) in [5.41, 5.74) is 0.0157. The Labute approximate surface area is 107 Å². The van der Waals surface area contributed by atoms with Crippen molar-refractivity contribution in [2.75, 3.05) is 12.3 Å². The third-order valence-corrected chi connectivity index (χ3v) is 5.54. The predicted octanol–water partition coefficient (Wildman–Crippen LogP) is 2.61. The molecular weight excluding hydrogens is 234 g/mol. The van der Waals surface area contributed by atoms with Crippen LogP contribution in [0.1, 0.15) is 54.4 Å². The van der Waals surface area contributed by atoms with Gasteiger partial charge in [0, 0.05) is 12.1 Å². The van der Waals surface area contributed by atoms with Crippen LogP contribution < -0.4 is 5.32 Å². The SMILES string of the molecule is CCC(C)(C)NCC(C)S(=O)(=O)CCC(C)C. The van der Waals surface area contributed by atoms with Crippen molar-refractivity contribution in [1.29, 1.82) is 0 Å². The van der Waals surface area contributed by atoms with Crippen LogP contribution >= 0.6 is 0 Å². The minimum atomic E-state index is -2.95. The number of nitrogens with one attached hydrogen (secondary N) is 1. The molecule has 17 heavy (non-hydrogen) atoms. The van der Waals surface area contributed by atoms with Gasteiger partial charge in [0.05, 0.1) is 11.0 Å². The molecule has 1 N–H and O–H groups in total. The van der Waals surface area contributed by atoms with E-state index in [-0.39, 0.29) is 10.8 Å². The fourth-order valence-electron chi connectivity index (χ4n) is 1.27. The standard InChI is InChI=1S/C13H29NO2S/c1-7-13(5,6)14-10-12(4)17(15,16)9-8-11(2)3/h11-12,14H,7-10H2,1-6H3. The topological polar surface area (TPSA) is 46.2 Å². The van der Waals surface area contributed by atoms with E-state index in [1.54, 1.807) is 6.92 Å². The Bertz CT molecular complexity index is 307. The van der Waals surface area contributed by atoms with Gasteiger partial charge in [0.15, 0.2) is 9.84 Å². The first-order valence-corrected chi connectivity index (χ1v) is 8.29. The highest BCUT2D eigenvalue weighted by Crippen LogP contribution is 2.11. The fourth-order valence-corrected chi connectivity index (χ4v) is 2.81. The van der Waals surface area contributed by atoms with Crippen molar-refractivity contribution in [3.05, 3.63) is 0 Å². The second-order valence-electron chi connectivity index (χ2n) is 5.98. The Hall–Kier alpha value is -0.0900. The van der Waals surface area contributed by atoms with Crippen LogP contribution in [0.25, 0.3) is 0 Å². The van der Waals surface area contributed by atoms with Gasteiger partial charge in [0.25, 0.3) is 0 Å². The Balaban J connectivity index is 4.26. The highest BCUT2D eigenvalue weighted by Gasteiger charge is 2.23. The lowest BCUT2D eigenvalue weighted by Crippen LogP contribution is -2.44. The lowest BCUT2D eigenvalue weighted by atomic mass is 10.0. The lowest BCUT2D eigenvalue weighted by Gasteiger charge is -2.26. The average Bonchev–Trinajstić information content (AvgIpc) is 2.23. The highest BCUT2D eigenvalue weighted by molar-refractivity contribution is 7.92. The van der Waals surface area contributed by atoms with Crippen molar-refractivity contribution in [3.8, 4) is 0 Å². The molecule has 0 aliphatic rings. The van der Waals surface area contributed by atoms with E-state index in [4.69, 9.17) is 0 Å². The van der Waals surface area contributed by atoms with Crippen molar-refractivity contribution in [2.24, 2.45) is 5.92 Å². The van der Waals surface area contributed by atoms with Crippen molar-refractivity contribution in [1.82, 2.24) is 5.32 Å². The molecule has 0 aromatic heterocycles. The van der Waals surface area contributed by atoms with E-state index in [9.17, 15) is 8.42 Å². The molecular formula is C13H29NO2S. The van der Waals surface area contributed by atoms with Gasteiger partial charge in [-0.3, -0.25) is 0 Å². The molecule has 1 unspecified atom stereocenters. The van der Waals surface area contributed by atoms with Gasteiger partial charge in [0.1, 0.15) is 0 Å². The molecule has 0 rings (SSSR count). The van der Waals surface area contributed by atoms with Crippen LogP contribution in [0.2, 0.25) is 0 Å². The van der Waals surface area contributed by atoms with Crippen LogP contribution in [-0.4, -0.2) is 31.5 Å². The van der Waals surface area contributed by atoms with Gasteiger partial charge in [-0.2, -0.15) is 0 Å². The Morgan fingerprint density at radius 3 is 2.12 bits per heavy atom. The van der Waals surface area contributed by atoms with E-state index >= 15 is 0 Å². The average molecular weight is 263 g/mol. The maximum Gasteiger partial charge on any atom is 0.154 e. The fraction of sp³-hybridized carbons (Fsp3) is 1.00. The van der Waals surface area contributed by atoms with E-state index in [2.05, 4.69) is 39.9 Å². The first kappa shape index (κ1) is 16.9. The lowest BCUT2D eigenvalue weighted by molar-refractivity contribution is 0.377. The molecule has 0 aromatic carbocycles. The van der Waals surface area contributed by atoms with Crippen LogP contribution in [0.5, 0.6) is 0 Å². The third-order valence-electron chi connectivity index (χ3n) is 3.34. The first-order valence-electron chi connectivity index (χ1n) is 6.57. The molecule has 0 aliphatic heterocycles. The third kappa shape index (κ3) is 7.04. The van der Waals surface area contributed by atoms with Gasteiger partial charge in [-0.05, 0) is 39.5 Å². The minimum Gasteiger partial charge on any atom is -0.311 e. The smallest absolute Gasteiger partial charge is 0.154 e. The highest BCUT2D eigenvalue weighted by atomic mass is 32.2. The molecule has 0 fully saturated rings. The molecule has 0 aromatic rings. The van der Waals surface area contributed by atoms with Crippen LogP contribution in [0.15, 0.2) is 0 Å². The summed E-state index contributed by atoms with van der Waals surface area (Å²) in [5, 5.41) is 3.02. The largest absolute Gasteiger partial charge is 0.311 e. The van der Waals surface area contributed by atoms with Crippen molar-refractivity contribution >= 4 is 9.84 Å². The summed E-state index contributed by atoms with van der Waals surface area (Å²) in [5.74, 6) is 0.747. The van der Waals surface area contributed by atoms with Crippen LogP contribution in [0.3, 0.4) is 0 Å². The van der Waals surface area contributed by atoms with Crippen LogP contribution in [0.4, 0.5) is 0 Å². The molecule has 0 spiro atoms. The summed E-state index contributed by atoms with van der Waals surface area (Å²) < 4.78 is 24.0. The second-order valence-corrected chi connectivity index (χ2v) is 8.52. The second kappa shape index (κ2) is 6.74. The van der Waals surface area contributed by atoms with Gasteiger partial charge in [-0.25, -0.2) is 8.42 Å². The van der Waals surface area contributed by atoms with Crippen molar-refractivity contribution in [3.63, 3.8) is 0 Å². The van der Waals surface area contributed by atoms with Crippen LogP contribution in [-0.2, 0) is 9.84 Å². The summed E-state index contributed by atoms with van der Waals surface area (Å²) in [6, 6.07) is 0. The summed E-state index contributed by atoms with van der Waals surface area (Å²) >= 11 is 0. The van der Waals surface area contributed by atoms with Crippen molar-refractivity contribution < 1.29 is 8.42 Å². The molecule has 1 atom stereocenters. The zero-order valence-electron chi connectivity index (χ0n) is 12.2. The number of hydrogen-bond acceptors (Lipinski definition) is 3. The maximum absolute atomic E-state index is 12.0.